The molecule has 4 rings (SSSR count). The van der Waals surface area contributed by atoms with Gasteiger partial charge >= 0.3 is 0 Å². The summed E-state index contributed by atoms with van der Waals surface area (Å²) in [7, 11) is 0. The lowest BCUT2D eigenvalue weighted by Crippen LogP contribution is -2.40. The van der Waals surface area contributed by atoms with E-state index < -0.39 is 0 Å². The normalized spacial score (nSPS) is 17.6. The number of hydrogen-bond acceptors (Lipinski definition) is 4. The third-order valence-corrected chi connectivity index (χ3v) is 4.60. The zero-order valence-corrected chi connectivity index (χ0v) is 13.9. The lowest BCUT2D eigenvalue weighted by Gasteiger charge is -2.31. The molecule has 3 heterocycles. The minimum atomic E-state index is 0.122. The van der Waals surface area contributed by atoms with Gasteiger partial charge in [0, 0.05) is 36.5 Å². The van der Waals surface area contributed by atoms with Crippen LogP contribution >= 0.6 is 0 Å². The van der Waals surface area contributed by atoms with Crippen LogP contribution in [0.15, 0.2) is 42.6 Å². The van der Waals surface area contributed by atoms with Crippen LogP contribution in [0.5, 0.6) is 0 Å². The van der Waals surface area contributed by atoms with Gasteiger partial charge < -0.3 is 4.90 Å². The second-order valence-electron chi connectivity index (χ2n) is 6.35. The summed E-state index contributed by atoms with van der Waals surface area (Å²) >= 11 is 0. The lowest BCUT2D eigenvalue weighted by atomic mass is 9.97. The van der Waals surface area contributed by atoms with Crippen molar-refractivity contribution in [3.05, 3.63) is 54.1 Å². The monoisotopic (exact) mass is 336 g/mol. The fourth-order valence-corrected chi connectivity index (χ4v) is 3.26. The zero-order chi connectivity index (χ0) is 17.1. The van der Waals surface area contributed by atoms with Crippen molar-refractivity contribution < 1.29 is 4.79 Å². The molecule has 25 heavy (non-hydrogen) atoms. The lowest BCUT2D eigenvalue weighted by molar-refractivity contribution is -0.131. The number of nitrogens with zero attached hydrogens (tertiary/aromatic N) is 4. The minimum absolute atomic E-state index is 0.122. The Labute approximate surface area is 145 Å². The Morgan fingerprint density at radius 1 is 1.20 bits per heavy atom. The number of piperidine rings is 1. The summed E-state index contributed by atoms with van der Waals surface area (Å²) in [6.45, 7) is 1.47. The molecule has 1 atom stereocenters. The van der Waals surface area contributed by atoms with Gasteiger partial charge in [-0.15, -0.1) is 0 Å². The van der Waals surface area contributed by atoms with Crippen LogP contribution in [-0.2, 0) is 11.2 Å². The molecule has 0 saturated carbocycles. The summed E-state index contributed by atoms with van der Waals surface area (Å²) in [6.07, 6.45) is 4.01. The standard InChI is InChI=1S/C18H20N6O/c25-16(11-15-8-9-19-21-15)24-10-4-7-14(12-24)18-20-17(22-23-18)13-5-2-1-3-6-13/h1-3,5-6,8-9,14H,4,7,10-12H2,(H,19,21)(H,20,22,23)/t14-/m0/s1. The van der Waals surface area contributed by atoms with Gasteiger partial charge in [0.2, 0.25) is 5.91 Å². The van der Waals surface area contributed by atoms with Crippen LogP contribution in [0.1, 0.15) is 30.3 Å². The van der Waals surface area contributed by atoms with Gasteiger partial charge in [0.25, 0.3) is 0 Å². The van der Waals surface area contributed by atoms with Gasteiger partial charge in [-0.05, 0) is 18.9 Å². The smallest absolute Gasteiger partial charge is 0.228 e. The number of carbonyl (C=O) groups excluding carboxylic acids is 1. The van der Waals surface area contributed by atoms with Crippen LogP contribution in [-0.4, -0.2) is 49.3 Å². The van der Waals surface area contributed by atoms with Crippen molar-refractivity contribution in [2.24, 2.45) is 0 Å². The highest BCUT2D eigenvalue weighted by Crippen LogP contribution is 2.26. The first-order valence-corrected chi connectivity index (χ1v) is 8.53. The highest BCUT2D eigenvalue weighted by atomic mass is 16.2. The largest absolute Gasteiger partial charge is 0.342 e. The van der Waals surface area contributed by atoms with Gasteiger partial charge in [-0.2, -0.15) is 10.2 Å². The SMILES string of the molecule is O=C(Cc1ccn[nH]1)N1CCC[C@H](c2nc(-c3ccccc3)n[nH]2)C1. The number of hydrogen-bond donors (Lipinski definition) is 2. The van der Waals surface area contributed by atoms with E-state index in [9.17, 15) is 4.79 Å². The molecule has 0 spiro atoms. The molecule has 0 unspecified atom stereocenters. The molecule has 2 N–H and O–H groups in total. The van der Waals surface area contributed by atoms with Crippen LogP contribution in [0, 0.1) is 0 Å². The molecule has 2 aromatic heterocycles. The number of likely N-dealkylation sites (tertiary alicyclic amines) is 1. The number of aromatic nitrogens is 5. The molecule has 7 nitrogen and oxygen atoms in total. The Hall–Kier alpha value is -2.96. The minimum Gasteiger partial charge on any atom is -0.342 e. The Morgan fingerprint density at radius 3 is 2.88 bits per heavy atom. The topological polar surface area (TPSA) is 90.6 Å². The third kappa shape index (κ3) is 3.45. The summed E-state index contributed by atoms with van der Waals surface area (Å²) in [5, 5.41) is 14.1. The summed E-state index contributed by atoms with van der Waals surface area (Å²) in [5.74, 6) is 1.88. The first-order chi connectivity index (χ1) is 12.3. The number of amides is 1. The average molecular weight is 336 g/mol. The highest BCUT2D eigenvalue weighted by molar-refractivity contribution is 5.78. The van der Waals surface area contributed by atoms with E-state index in [-0.39, 0.29) is 11.8 Å². The third-order valence-electron chi connectivity index (χ3n) is 4.60. The highest BCUT2D eigenvalue weighted by Gasteiger charge is 2.27. The number of aromatic amines is 2. The van der Waals surface area contributed by atoms with Gasteiger partial charge in [0.1, 0.15) is 5.82 Å². The van der Waals surface area contributed by atoms with E-state index in [2.05, 4.69) is 25.4 Å². The molecule has 1 fully saturated rings. The summed E-state index contributed by atoms with van der Waals surface area (Å²) in [5.41, 5.74) is 1.84. The van der Waals surface area contributed by atoms with Crippen molar-refractivity contribution >= 4 is 5.91 Å². The van der Waals surface area contributed by atoms with Crippen molar-refractivity contribution in [1.29, 1.82) is 0 Å². The van der Waals surface area contributed by atoms with Crippen LogP contribution < -0.4 is 0 Å². The van der Waals surface area contributed by atoms with Gasteiger partial charge in [-0.25, -0.2) is 4.98 Å². The Balaban J connectivity index is 1.44. The van der Waals surface area contributed by atoms with E-state index in [1.54, 1.807) is 6.20 Å². The maximum atomic E-state index is 12.5. The van der Waals surface area contributed by atoms with Gasteiger partial charge in [0.15, 0.2) is 5.82 Å². The molecule has 128 valence electrons. The quantitative estimate of drug-likeness (QED) is 0.764. The summed E-state index contributed by atoms with van der Waals surface area (Å²) in [6, 6.07) is 11.7. The van der Waals surface area contributed by atoms with Gasteiger partial charge in [-0.1, -0.05) is 30.3 Å². The number of H-pyrrole nitrogens is 2. The Kier molecular flexibility index (Phi) is 4.28. The van der Waals surface area contributed by atoms with Crippen LogP contribution in [0.25, 0.3) is 11.4 Å². The second kappa shape index (κ2) is 6.88. The molecule has 0 bridgehead atoms. The molecule has 0 aliphatic carbocycles. The van der Waals surface area contributed by atoms with Crippen LogP contribution in [0.2, 0.25) is 0 Å². The molecular formula is C18H20N6O. The molecule has 1 aliphatic heterocycles. The number of carbonyl (C=O) groups is 1. The molecule has 1 amide bonds. The van der Waals surface area contributed by atoms with Crippen LogP contribution in [0.3, 0.4) is 0 Å². The number of benzene rings is 1. The second-order valence-corrected chi connectivity index (χ2v) is 6.35. The maximum Gasteiger partial charge on any atom is 0.228 e. The number of rotatable bonds is 4. The predicted molar refractivity (Wildman–Crippen MR) is 92.7 cm³/mol. The van der Waals surface area contributed by atoms with Crippen LogP contribution in [0.4, 0.5) is 0 Å². The molecular weight excluding hydrogens is 316 g/mol. The molecule has 7 heteroatoms. The van der Waals surface area contributed by atoms with E-state index >= 15 is 0 Å². The van der Waals surface area contributed by atoms with Gasteiger partial charge in [0.05, 0.1) is 6.42 Å². The fraction of sp³-hybridized carbons (Fsp3) is 0.333. The van der Waals surface area contributed by atoms with Gasteiger partial charge in [-0.3, -0.25) is 15.0 Å². The fourth-order valence-electron chi connectivity index (χ4n) is 3.26. The van der Waals surface area contributed by atoms with Crippen molar-refractivity contribution in [3.8, 4) is 11.4 Å². The first kappa shape index (κ1) is 15.6. The molecule has 3 aromatic rings. The molecule has 1 saturated heterocycles. The summed E-state index contributed by atoms with van der Waals surface area (Å²) in [4.78, 5) is 19.1. The molecule has 0 radical (unpaired) electrons. The van der Waals surface area contributed by atoms with E-state index in [1.165, 1.54) is 0 Å². The molecule has 1 aromatic carbocycles. The number of nitrogens with one attached hydrogen (secondary N) is 2. The first-order valence-electron chi connectivity index (χ1n) is 8.53. The average Bonchev–Trinajstić information content (AvgIpc) is 3.34. The van der Waals surface area contributed by atoms with Crippen molar-refractivity contribution in [2.45, 2.75) is 25.2 Å². The van der Waals surface area contributed by atoms with E-state index in [0.717, 1.165) is 36.5 Å². The molecule has 1 aliphatic rings. The maximum absolute atomic E-state index is 12.5. The van der Waals surface area contributed by atoms with E-state index in [1.807, 2.05) is 41.3 Å². The van der Waals surface area contributed by atoms with E-state index in [0.29, 0.717) is 18.8 Å². The van der Waals surface area contributed by atoms with E-state index in [4.69, 9.17) is 0 Å². The predicted octanol–water partition coefficient (Wildman–Crippen LogP) is 2.14. The van der Waals surface area contributed by atoms with Crippen molar-refractivity contribution in [3.63, 3.8) is 0 Å². The Morgan fingerprint density at radius 2 is 2.08 bits per heavy atom. The zero-order valence-electron chi connectivity index (χ0n) is 13.9. The van der Waals surface area contributed by atoms with Crippen molar-refractivity contribution in [1.82, 2.24) is 30.3 Å². The van der Waals surface area contributed by atoms with Crippen molar-refractivity contribution in [2.75, 3.05) is 13.1 Å². The Bertz CT molecular complexity index is 826. The summed E-state index contributed by atoms with van der Waals surface area (Å²) < 4.78 is 0.